The molecule has 0 spiro atoms. The minimum Gasteiger partial charge on any atom is -0.377 e. The van der Waals surface area contributed by atoms with Crippen LogP contribution in [0.25, 0.3) is 0 Å². The van der Waals surface area contributed by atoms with Crippen molar-refractivity contribution in [3.63, 3.8) is 0 Å². The SMILES string of the molecule is CCCn1cc(CNCC2CCCO2)c(C)n1. The predicted octanol–water partition coefficient (Wildman–Crippen LogP) is 1.87. The summed E-state index contributed by atoms with van der Waals surface area (Å²) in [6.07, 6.45) is 6.10. The minimum absolute atomic E-state index is 0.418. The molecule has 1 aromatic rings. The standard InChI is InChI=1S/C13H23N3O/c1-3-6-16-10-12(11(2)15-16)8-14-9-13-5-4-7-17-13/h10,13-14H,3-9H2,1-2H3. The molecule has 1 aliphatic heterocycles. The molecule has 0 radical (unpaired) electrons. The van der Waals surface area contributed by atoms with Gasteiger partial charge < -0.3 is 10.1 Å². The Morgan fingerprint density at radius 2 is 2.47 bits per heavy atom. The van der Waals surface area contributed by atoms with Gasteiger partial charge in [-0.3, -0.25) is 4.68 Å². The summed E-state index contributed by atoms with van der Waals surface area (Å²) in [6, 6.07) is 0. The maximum Gasteiger partial charge on any atom is 0.0700 e. The highest BCUT2D eigenvalue weighted by molar-refractivity contribution is 5.15. The van der Waals surface area contributed by atoms with Crippen molar-refractivity contribution >= 4 is 0 Å². The molecule has 0 aliphatic carbocycles. The largest absolute Gasteiger partial charge is 0.377 e. The van der Waals surface area contributed by atoms with E-state index in [0.717, 1.165) is 38.4 Å². The van der Waals surface area contributed by atoms with Gasteiger partial charge in [0.1, 0.15) is 0 Å². The first-order valence-corrected chi connectivity index (χ1v) is 6.65. The summed E-state index contributed by atoms with van der Waals surface area (Å²) < 4.78 is 7.62. The van der Waals surface area contributed by atoms with Crippen molar-refractivity contribution in [2.45, 2.75) is 52.3 Å². The molecule has 1 fully saturated rings. The highest BCUT2D eigenvalue weighted by Gasteiger charge is 2.14. The summed E-state index contributed by atoms with van der Waals surface area (Å²) in [7, 11) is 0. The fourth-order valence-corrected chi connectivity index (χ4v) is 2.25. The number of aromatic nitrogens is 2. The van der Waals surface area contributed by atoms with E-state index in [1.807, 2.05) is 4.68 Å². The normalized spacial score (nSPS) is 20.0. The lowest BCUT2D eigenvalue weighted by molar-refractivity contribution is 0.110. The molecule has 2 rings (SSSR count). The van der Waals surface area contributed by atoms with E-state index >= 15 is 0 Å². The molecule has 4 heteroatoms. The van der Waals surface area contributed by atoms with Crippen LogP contribution in [-0.4, -0.2) is 29.0 Å². The minimum atomic E-state index is 0.418. The average Bonchev–Trinajstić information content (AvgIpc) is 2.90. The van der Waals surface area contributed by atoms with E-state index in [0.29, 0.717) is 6.10 Å². The first kappa shape index (κ1) is 12.6. The number of nitrogens with zero attached hydrogens (tertiary/aromatic N) is 2. The number of aryl methyl sites for hydroxylation is 2. The van der Waals surface area contributed by atoms with Gasteiger partial charge in [-0.05, 0) is 26.2 Å². The average molecular weight is 237 g/mol. The molecular formula is C13H23N3O. The highest BCUT2D eigenvalue weighted by Crippen LogP contribution is 2.11. The molecule has 1 aliphatic rings. The van der Waals surface area contributed by atoms with Crippen molar-refractivity contribution in [2.75, 3.05) is 13.2 Å². The van der Waals surface area contributed by atoms with E-state index in [-0.39, 0.29) is 0 Å². The van der Waals surface area contributed by atoms with Gasteiger partial charge in [-0.1, -0.05) is 6.92 Å². The fourth-order valence-electron chi connectivity index (χ4n) is 2.25. The van der Waals surface area contributed by atoms with Gasteiger partial charge in [0.25, 0.3) is 0 Å². The lowest BCUT2D eigenvalue weighted by Gasteiger charge is -2.09. The first-order valence-electron chi connectivity index (χ1n) is 6.65. The van der Waals surface area contributed by atoms with Crippen molar-refractivity contribution in [1.82, 2.24) is 15.1 Å². The molecule has 0 aromatic carbocycles. The molecule has 1 N–H and O–H groups in total. The van der Waals surface area contributed by atoms with E-state index < -0.39 is 0 Å². The van der Waals surface area contributed by atoms with Crippen molar-refractivity contribution in [2.24, 2.45) is 0 Å². The monoisotopic (exact) mass is 237 g/mol. The quantitative estimate of drug-likeness (QED) is 0.821. The second-order valence-electron chi connectivity index (χ2n) is 4.77. The lowest BCUT2D eigenvalue weighted by atomic mass is 10.2. The van der Waals surface area contributed by atoms with Crippen LogP contribution in [0.3, 0.4) is 0 Å². The summed E-state index contributed by atoms with van der Waals surface area (Å²) in [5.41, 5.74) is 2.44. The van der Waals surface area contributed by atoms with Crippen molar-refractivity contribution in [3.8, 4) is 0 Å². The molecule has 17 heavy (non-hydrogen) atoms. The fraction of sp³-hybridized carbons (Fsp3) is 0.769. The van der Waals surface area contributed by atoms with Gasteiger partial charge in [-0.15, -0.1) is 0 Å². The Kier molecular flexibility index (Phi) is 4.57. The lowest BCUT2D eigenvalue weighted by Crippen LogP contribution is -2.25. The molecule has 96 valence electrons. The molecular weight excluding hydrogens is 214 g/mol. The van der Waals surface area contributed by atoms with Crippen LogP contribution in [0.4, 0.5) is 0 Å². The van der Waals surface area contributed by atoms with Gasteiger partial charge in [0.05, 0.1) is 11.8 Å². The summed E-state index contributed by atoms with van der Waals surface area (Å²) in [5, 5.41) is 7.96. The molecule has 0 amide bonds. The molecule has 0 bridgehead atoms. The molecule has 4 nitrogen and oxygen atoms in total. The van der Waals surface area contributed by atoms with E-state index in [9.17, 15) is 0 Å². The zero-order valence-corrected chi connectivity index (χ0v) is 10.9. The van der Waals surface area contributed by atoms with Crippen LogP contribution in [0, 0.1) is 6.92 Å². The Morgan fingerprint density at radius 1 is 1.59 bits per heavy atom. The molecule has 1 atom stereocenters. The number of hydrogen-bond acceptors (Lipinski definition) is 3. The van der Waals surface area contributed by atoms with Gasteiger partial charge in [0.15, 0.2) is 0 Å². The maximum absolute atomic E-state index is 5.58. The van der Waals surface area contributed by atoms with Crippen LogP contribution in [0.5, 0.6) is 0 Å². The molecule has 0 saturated carbocycles. The van der Waals surface area contributed by atoms with E-state index in [2.05, 4.69) is 30.5 Å². The van der Waals surface area contributed by atoms with Gasteiger partial charge in [-0.2, -0.15) is 5.10 Å². The summed E-state index contributed by atoms with van der Waals surface area (Å²) in [4.78, 5) is 0. The molecule has 1 unspecified atom stereocenters. The van der Waals surface area contributed by atoms with E-state index in [4.69, 9.17) is 4.74 Å². The van der Waals surface area contributed by atoms with Gasteiger partial charge in [0, 0.05) is 38.0 Å². The smallest absolute Gasteiger partial charge is 0.0700 e. The Labute approximate surface area is 103 Å². The molecule has 1 aromatic heterocycles. The summed E-state index contributed by atoms with van der Waals surface area (Å²) in [6.45, 7) is 8.04. The summed E-state index contributed by atoms with van der Waals surface area (Å²) >= 11 is 0. The van der Waals surface area contributed by atoms with Gasteiger partial charge in [-0.25, -0.2) is 0 Å². The van der Waals surface area contributed by atoms with E-state index in [1.165, 1.54) is 18.4 Å². The Bertz CT molecular complexity index is 342. The predicted molar refractivity (Wildman–Crippen MR) is 67.9 cm³/mol. The van der Waals surface area contributed by atoms with Gasteiger partial charge >= 0.3 is 0 Å². The number of ether oxygens (including phenoxy) is 1. The Hall–Kier alpha value is -0.870. The third-order valence-electron chi connectivity index (χ3n) is 3.21. The van der Waals surface area contributed by atoms with Crippen molar-refractivity contribution in [1.29, 1.82) is 0 Å². The topological polar surface area (TPSA) is 39.1 Å². The number of hydrogen-bond donors (Lipinski definition) is 1. The van der Waals surface area contributed by atoms with Crippen LogP contribution < -0.4 is 5.32 Å². The number of nitrogens with one attached hydrogen (secondary N) is 1. The van der Waals surface area contributed by atoms with Crippen LogP contribution >= 0.6 is 0 Å². The zero-order chi connectivity index (χ0) is 12.1. The third-order valence-corrected chi connectivity index (χ3v) is 3.21. The summed E-state index contributed by atoms with van der Waals surface area (Å²) in [5.74, 6) is 0. The molecule has 2 heterocycles. The highest BCUT2D eigenvalue weighted by atomic mass is 16.5. The van der Waals surface area contributed by atoms with Crippen LogP contribution in [0.1, 0.15) is 37.4 Å². The zero-order valence-electron chi connectivity index (χ0n) is 10.9. The van der Waals surface area contributed by atoms with Crippen molar-refractivity contribution < 1.29 is 4.74 Å². The Balaban J connectivity index is 1.77. The van der Waals surface area contributed by atoms with Gasteiger partial charge in [0.2, 0.25) is 0 Å². The van der Waals surface area contributed by atoms with Crippen LogP contribution in [0.15, 0.2) is 6.20 Å². The third kappa shape index (κ3) is 3.54. The first-order chi connectivity index (χ1) is 8.29. The second-order valence-corrected chi connectivity index (χ2v) is 4.77. The number of rotatable bonds is 6. The van der Waals surface area contributed by atoms with Crippen LogP contribution in [-0.2, 0) is 17.8 Å². The maximum atomic E-state index is 5.58. The Morgan fingerprint density at radius 3 is 3.18 bits per heavy atom. The molecule has 1 saturated heterocycles. The van der Waals surface area contributed by atoms with E-state index in [1.54, 1.807) is 0 Å². The van der Waals surface area contributed by atoms with Crippen LogP contribution in [0.2, 0.25) is 0 Å². The second kappa shape index (κ2) is 6.17. The van der Waals surface area contributed by atoms with Crippen molar-refractivity contribution in [3.05, 3.63) is 17.5 Å².